The van der Waals surface area contributed by atoms with Gasteiger partial charge in [-0.25, -0.2) is 0 Å². The van der Waals surface area contributed by atoms with E-state index in [2.05, 4.69) is 19.2 Å². The summed E-state index contributed by atoms with van der Waals surface area (Å²) in [5.74, 6) is 0.927. The van der Waals surface area contributed by atoms with Crippen LogP contribution in [0.25, 0.3) is 0 Å². The molecule has 0 aliphatic heterocycles. The van der Waals surface area contributed by atoms with Crippen LogP contribution in [0, 0.1) is 5.92 Å². The molecule has 3 heteroatoms. The molecule has 0 aromatic rings. The SMILES string of the molecule is CCCC1CCC(CNCC)(OCCOC)CC1. The summed E-state index contributed by atoms with van der Waals surface area (Å²) in [5.41, 5.74) is 0.0682. The first-order valence-electron chi connectivity index (χ1n) is 7.60. The van der Waals surface area contributed by atoms with Crippen molar-refractivity contribution in [2.45, 2.75) is 58.0 Å². The Balaban J connectivity index is 2.41. The van der Waals surface area contributed by atoms with Crippen molar-refractivity contribution in [3.05, 3.63) is 0 Å². The Kier molecular flexibility index (Phi) is 7.87. The van der Waals surface area contributed by atoms with Gasteiger partial charge in [0.2, 0.25) is 0 Å². The summed E-state index contributed by atoms with van der Waals surface area (Å²) >= 11 is 0. The summed E-state index contributed by atoms with van der Waals surface area (Å²) in [6, 6.07) is 0. The van der Waals surface area contributed by atoms with Gasteiger partial charge in [0, 0.05) is 13.7 Å². The van der Waals surface area contributed by atoms with Crippen molar-refractivity contribution in [3.63, 3.8) is 0 Å². The molecule has 3 nitrogen and oxygen atoms in total. The lowest BCUT2D eigenvalue weighted by molar-refractivity contribution is -0.0893. The van der Waals surface area contributed by atoms with Gasteiger partial charge in [-0.15, -0.1) is 0 Å². The summed E-state index contributed by atoms with van der Waals surface area (Å²) in [5, 5.41) is 3.47. The van der Waals surface area contributed by atoms with Crippen LogP contribution in [0.2, 0.25) is 0 Å². The van der Waals surface area contributed by atoms with E-state index in [0.717, 1.165) is 25.6 Å². The van der Waals surface area contributed by atoms with E-state index in [1.165, 1.54) is 38.5 Å². The molecule has 0 amide bonds. The van der Waals surface area contributed by atoms with Crippen molar-refractivity contribution in [2.24, 2.45) is 5.92 Å². The van der Waals surface area contributed by atoms with Gasteiger partial charge in [0.25, 0.3) is 0 Å². The van der Waals surface area contributed by atoms with Gasteiger partial charge < -0.3 is 14.8 Å². The van der Waals surface area contributed by atoms with Crippen LogP contribution in [-0.4, -0.2) is 39.0 Å². The predicted octanol–water partition coefficient (Wildman–Crippen LogP) is 2.99. The quantitative estimate of drug-likeness (QED) is 0.644. The third-order valence-corrected chi connectivity index (χ3v) is 4.11. The van der Waals surface area contributed by atoms with Gasteiger partial charge in [0.15, 0.2) is 0 Å². The Bertz CT molecular complexity index is 201. The van der Waals surface area contributed by atoms with Crippen LogP contribution < -0.4 is 5.32 Å². The van der Waals surface area contributed by atoms with E-state index < -0.39 is 0 Å². The predicted molar refractivity (Wildman–Crippen MR) is 76.0 cm³/mol. The normalized spacial score (nSPS) is 28.5. The molecule has 0 aromatic carbocycles. The van der Waals surface area contributed by atoms with E-state index in [1.807, 2.05) is 0 Å². The van der Waals surface area contributed by atoms with E-state index in [9.17, 15) is 0 Å². The summed E-state index contributed by atoms with van der Waals surface area (Å²) in [6.45, 7) is 7.88. The van der Waals surface area contributed by atoms with Crippen molar-refractivity contribution < 1.29 is 9.47 Å². The van der Waals surface area contributed by atoms with Crippen molar-refractivity contribution in [1.82, 2.24) is 5.32 Å². The van der Waals surface area contributed by atoms with Crippen molar-refractivity contribution in [2.75, 3.05) is 33.4 Å². The van der Waals surface area contributed by atoms with Gasteiger partial charge in [-0.2, -0.15) is 0 Å². The minimum absolute atomic E-state index is 0.0682. The van der Waals surface area contributed by atoms with E-state index in [4.69, 9.17) is 9.47 Å². The fraction of sp³-hybridized carbons (Fsp3) is 1.00. The Labute approximate surface area is 113 Å². The number of hydrogen-bond acceptors (Lipinski definition) is 3. The summed E-state index contributed by atoms with van der Waals surface area (Å²) in [6.07, 6.45) is 7.76. The molecule has 1 rings (SSSR count). The molecule has 0 saturated heterocycles. The molecule has 0 spiro atoms. The summed E-state index contributed by atoms with van der Waals surface area (Å²) < 4.78 is 11.2. The molecule has 0 radical (unpaired) electrons. The van der Waals surface area contributed by atoms with E-state index in [0.29, 0.717) is 6.61 Å². The summed E-state index contributed by atoms with van der Waals surface area (Å²) in [4.78, 5) is 0. The van der Waals surface area contributed by atoms with Crippen molar-refractivity contribution >= 4 is 0 Å². The van der Waals surface area contributed by atoms with Crippen molar-refractivity contribution in [1.29, 1.82) is 0 Å². The third kappa shape index (κ3) is 5.25. The first kappa shape index (κ1) is 15.9. The summed E-state index contributed by atoms with van der Waals surface area (Å²) in [7, 11) is 1.73. The highest BCUT2D eigenvalue weighted by Crippen LogP contribution is 2.36. The lowest BCUT2D eigenvalue weighted by Crippen LogP contribution is -2.46. The minimum Gasteiger partial charge on any atom is -0.382 e. The van der Waals surface area contributed by atoms with Gasteiger partial charge in [-0.05, 0) is 38.1 Å². The van der Waals surface area contributed by atoms with Gasteiger partial charge in [0.05, 0.1) is 18.8 Å². The zero-order valence-corrected chi connectivity index (χ0v) is 12.5. The number of methoxy groups -OCH3 is 1. The number of nitrogens with one attached hydrogen (secondary N) is 1. The number of hydrogen-bond donors (Lipinski definition) is 1. The molecule has 18 heavy (non-hydrogen) atoms. The van der Waals surface area contributed by atoms with Crippen LogP contribution in [0.5, 0.6) is 0 Å². The lowest BCUT2D eigenvalue weighted by Gasteiger charge is -2.40. The molecule has 0 heterocycles. The second-order valence-electron chi connectivity index (χ2n) is 5.54. The Morgan fingerprint density at radius 1 is 1.17 bits per heavy atom. The van der Waals surface area contributed by atoms with Crippen LogP contribution in [-0.2, 0) is 9.47 Å². The second-order valence-corrected chi connectivity index (χ2v) is 5.54. The molecule has 108 valence electrons. The molecular formula is C15H31NO2. The van der Waals surface area contributed by atoms with Crippen LogP contribution >= 0.6 is 0 Å². The first-order valence-corrected chi connectivity index (χ1v) is 7.60. The van der Waals surface area contributed by atoms with Crippen LogP contribution in [0.15, 0.2) is 0 Å². The van der Waals surface area contributed by atoms with E-state index in [-0.39, 0.29) is 5.60 Å². The average Bonchev–Trinajstić information content (AvgIpc) is 2.40. The lowest BCUT2D eigenvalue weighted by atomic mass is 9.77. The molecule has 1 N–H and O–H groups in total. The molecule has 0 unspecified atom stereocenters. The number of rotatable bonds is 9. The first-order chi connectivity index (χ1) is 8.76. The molecule has 0 bridgehead atoms. The second kappa shape index (κ2) is 8.89. The highest BCUT2D eigenvalue weighted by molar-refractivity contribution is 4.89. The monoisotopic (exact) mass is 257 g/mol. The van der Waals surface area contributed by atoms with Crippen LogP contribution in [0.4, 0.5) is 0 Å². The highest BCUT2D eigenvalue weighted by Gasteiger charge is 2.35. The molecular weight excluding hydrogens is 226 g/mol. The van der Waals surface area contributed by atoms with Crippen LogP contribution in [0.3, 0.4) is 0 Å². The highest BCUT2D eigenvalue weighted by atomic mass is 16.5. The topological polar surface area (TPSA) is 30.5 Å². The van der Waals surface area contributed by atoms with Gasteiger partial charge >= 0.3 is 0 Å². The minimum atomic E-state index is 0.0682. The molecule has 1 saturated carbocycles. The van der Waals surface area contributed by atoms with Gasteiger partial charge in [-0.3, -0.25) is 0 Å². The molecule has 0 aromatic heterocycles. The van der Waals surface area contributed by atoms with Gasteiger partial charge in [0.1, 0.15) is 0 Å². The molecule has 1 aliphatic rings. The maximum absolute atomic E-state index is 6.15. The third-order valence-electron chi connectivity index (χ3n) is 4.11. The molecule has 1 aliphatic carbocycles. The smallest absolute Gasteiger partial charge is 0.0807 e. The largest absolute Gasteiger partial charge is 0.382 e. The zero-order chi connectivity index (χ0) is 13.3. The molecule has 0 atom stereocenters. The van der Waals surface area contributed by atoms with E-state index >= 15 is 0 Å². The Morgan fingerprint density at radius 3 is 2.44 bits per heavy atom. The Hall–Kier alpha value is -0.120. The maximum Gasteiger partial charge on any atom is 0.0807 e. The standard InChI is InChI=1S/C15H31NO2/c1-4-6-14-7-9-15(10-8-14,13-16-5-2)18-12-11-17-3/h14,16H,4-13H2,1-3H3. The zero-order valence-electron chi connectivity index (χ0n) is 12.5. The maximum atomic E-state index is 6.15. The van der Waals surface area contributed by atoms with Crippen LogP contribution in [0.1, 0.15) is 52.4 Å². The van der Waals surface area contributed by atoms with E-state index in [1.54, 1.807) is 7.11 Å². The fourth-order valence-corrected chi connectivity index (χ4v) is 2.97. The van der Waals surface area contributed by atoms with Gasteiger partial charge in [-0.1, -0.05) is 26.7 Å². The average molecular weight is 257 g/mol. The fourth-order valence-electron chi connectivity index (χ4n) is 2.97. The van der Waals surface area contributed by atoms with Crippen molar-refractivity contribution in [3.8, 4) is 0 Å². The number of likely N-dealkylation sites (N-methyl/N-ethyl adjacent to an activating group) is 1. The Morgan fingerprint density at radius 2 is 1.89 bits per heavy atom. The number of ether oxygens (including phenoxy) is 2. The molecule has 1 fully saturated rings.